The van der Waals surface area contributed by atoms with Gasteiger partial charge in [0.15, 0.2) is 0 Å². The number of hydrogen-bond acceptors (Lipinski definition) is 4. The summed E-state index contributed by atoms with van der Waals surface area (Å²) < 4.78 is 0. The molecule has 0 fully saturated rings. The lowest BCUT2D eigenvalue weighted by atomic mass is 10.7. The molecule has 0 N–H and O–H groups in total. The largest absolute Gasteiger partial charge is 0.228 e. The van der Waals surface area contributed by atoms with Gasteiger partial charge in [-0.2, -0.15) is 0 Å². The molecule has 5 heteroatoms. The Balaban J connectivity index is 3.10. The third kappa shape index (κ3) is 2.01. The molecule has 1 aromatic rings. The van der Waals surface area contributed by atoms with Crippen LogP contribution >= 0.6 is 35.1 Å². The molecule has 0 aromatic carbocycles. The summed E-state index contributed by atoms with van der Waals surface area (Å²) in [4.78, 5) is 8.02. The highest BCUT2D eigenvalue weighted by Crippen LogP contribution is 2.29. The number of nitrogens with zero attached hydrogens (tertiary/aromatic N) is 2. The van der Waals surface area contributed by atoms with E-state index in [-0.39, 0.29) is 0 Å². The Hall–Kier alpha value is 0.0700. The van der Waals surface area contributed by atoms with Crippen LogP contribution in [-0.4, -0.2) is 22.5 Å². The third-order valence-electron chi connectivity index (χ3n) is 1.11. The van der Waals surface area contributed by atoms with E-state index in [0.29, 0.717) is 5.02 Å². The first-order chi connectivity index (χ1) is 5.29. The van der Waals surface area contributed by atoms with Gasteiger partial charge in [-0.15, -0.1) is 23.5 Å². The fraction of sp³-hybridized carbons (Fsp3) is 0.333. The number of rotatable bonds is 2. The number of hydrogen-bond donors (Lipinski definition) is 0. The van der Waals surface area contributed by atoms with Crippen LogP contribution < -0.4 is 0 Å². The van der Waals surface area contributed by atoms with Gasteiger partial charge in [0.05, 0.1) is 0 Å². The van der Waals surface area contributed by atoms with Crippen LogP contribution in [0.15, 0.2) is 16.4 Å². The number of thioether (sulfide) groups is 2. The van der Waals surface area contributed by atoms with Gasteiger partial charge in [-0.05, 0) is 12.5 Å². The standard InChI is InChI=1S/C6H7ClN2S2/c1-10-5-4(7)6(11-2)9-3-8-5/h3H,1-2H3. The summed E-state index contributed by atoms with van der Waals surface area (Å²) in [5.41, 5.74) is 0. The highest BCUT2D eigenvalue weighted by Gasteiger charge is 2.05. The van der Waals surface area contributed by atoms with Crippen LogP contribution in [-0.2, 0) is 0 Å². The van der Waals surface area contributed by atoms with E-state index in [1.54, 1.807) is 0 Å². The first kappa shape index (κ1) is 9.16. The molecule has 0 amide bonds. The first-order valence-electron chi connectivity index (χ1n) is 2.88. The predicted octanol–water partition coefficient (Wildman–Crippen LogP) is 2.57. The highest BCUT2D eigenvalue weighted by atomic mass is 35.5. The fourth-order valence-corrected chi connectivity index (χ4v) is 2.11. The Morgan fingerprint density at radius 3 is 2.00 bits per heavy atom. The zero-order chi connectivity index (χ0) is 8.27. The smallest absolute Gasteiger partial charge is 0.119 e. The van der Waals surface area contributed by atoms with Crippen molar-refractivity contribution in [3.05, 3.63) is 11.3 Å². The zero-order valence-corrected chi connectivity index (χ0v) is 8.56. The van der Waals surface area contributed by atoms with Crippen molar-refractivity contribution in [3.63, 3.8) is 0 Å². The van der Waals surface area contributed by atoms with E-state index in [4.69, 9.17) is 11.6 Å². The summed E-state index contributed by atoms with van der Waals surface area (Å²) in [7, 11) is 0. The average molecular weight is 207 g/mol. The lowest BCUT2D eigenvalue weighted by molar-refractivity contribution is 0.967. The van der Waals surface area contributed by atoms with Gasteiger partial charge in [0.1, 0.15) is 21.4 Å². The molecule has 2 nitrogen and oxygen atoms in total. The summed E-state index contributed by atoms with van der Waals surface area (Å²) in [6.07, 6.45) is 5.42. The van der Waals surface area contributed by atoms with E-state index < -0.39 is 0 Å². The van der Waals surface area contributed by atoms with Gasteiger partial charge in [0.25, 0.3) is 0 Å². The van der Waals surface area contributed by atoms with E-state index in [1.807, 2.05) is 12.5 Å². The second kappa shape index (κ2) is 4.18. The van der Waals surface area contributed by atoms with Crippen LogP contribution in [0.4, 0.5) is 0 Å². The van der Waals surface area contributed by atoms with Gasteiger partial charge in [-0.3, -0.25) is 0 Å². The molecule has 0 atom stereocenters. The maximum Gasteiger partial charge on any atom is 0.119 e. The quantitative estimate of drug-likeness (QED) is 0.549. The van der Waals surface area contributed by atoms with Crippen molar-refractivity contribution >= 4 is 35.1 Å². The van der Waals surface area contributed by atoms with Crippen molar-refractivity contribution in [2.75, 3.05) is 12.5 Å². The minimum absolute atomic E-state index is 0.660. The molecule has 0 saturated heterocycles. The van der Waals surface area contributed by atoms with E-state index in [1.165, 1.54) is 29.9 Å². The molecular weight excluding hydrogens is 200 g/mol. The second-order valence-corrected chi connectivity index (χ2v) is 3.67. The molecule has 1 aromatic heterocycles. The third-order valence-corrected chi connectivity index (χ3v) is 3.09. The molecule has 60 valence electrons. The molecular formula is C6H7ClN2S2. The summed E-state index contributed by atoms with van der Waals surface area (Å²) in [5.74, 6) is 0. The van der Waals surface area contributed by atoms with Crippen LogP contribution in [0.3, 0.4) is 0 Å². The second-order valence-electron chi connectivity index (χ2n) is 1.71. The van der Waals surface area contributed by atoms with Crippen molar-refractivity contribution in [2.24, 2.45) is 0 Å². The molecule has 1 heterocycles. The fourth-order valence-electron chi connectivity index (χ4n) is 0.623. The van der Waals surface area contributed by atoms with Crippen molar-refractivity contribution in [3.8, 4) is 0 Å². The topological polar surface area (TPSA) is 25.8 Å². The van der Waals surface area contributed by atoms with Crippen LogP contribution in [0, 0.1) is 0 Å². The number of halogens is 1. The minimum atomic E-state index is 0.660. The Morgan fingerprint density at radius 1 is 1.18 bits per heavy atom. The van der Waals surface area contributed by atoms with E-state index >= 15 is 0 Å². The Morgan fingerprint density at radius 2 is 1.64 bits per heavy atom. The van der Waals surface area contributed by atoms with Crippen LogP contribution in [0.1, 0.15) is 0 Å². The summed E-state index contributed by atoms with van der Waals surface area (Å²) in [6, 6.07) is 0. The van der Waals surface area contributed by atoms with Crippen LogP contribution in [0.5, 0.6) is 0 Å². The van der Waals surface area contributed by atoms with Crippen molar-refractivity contribution in [1.82, 2.24) is 9.97 Å². The molecule has 11 heavy (non-hydrogen) atoms. The van der Waals surface area contributed by atoms with Gasteiger partial charge < -0.3 is 0 Å². The summed E-state index contributed by atoms with van der Waals surface area (Å²) in [6.45, 7) is 0. The van der Waals surface area contributed by atoms with Crippen molar-refractivity contribution in [1.29, 1.82) is 0 Å². The maximum atomic E-state index is 5.94. The molecule has 0 aliphatic heterocycles. The van der Waals surface area contributed by atoms with Crippen LogP contribution in [0.2, 0.25) is 5.02 Å². The Labute approximate surface area is 79.2 Å². The molecule has 0 saturated carbocycles. The van der Waals surface area contributed by atoms with Crippen molar-refractivity contribution in [2.45, 2.75) is 10.1 Å². The normalized spacial score (nSPS) is 10.1. The molecule has 0 radical (unpaired) electrons. The predicted molar refractivity (Wildman–Crippen MR) is 50.6 cm³/mol. The van der Waals surface area contributed by atoms with E-state index in [2.05, 4.69) is 9.97 Å². The van der Waals surface area contributed by atoms with Gasteiger partial charge in [-0.1, -0.05) is 11.6 Å². The number of aromatic nitrogens is 2. The first-order valence-corrected chi connectivity index (χ1v) is 5.70. The van der Waals surface area contributed by atoms with E-state index in [9.17, 15) is 0 Å². The van der Waals surface area contributed by atoms with Gasteiger partial charge >= 0.3 is 0 Å². The maximum absolute atomic E-state index is 5.94. The van der Waals surface area contributed by atoms with Crippen LogP contribution in [0.25, 0.3) is 0 Å². The van der Waals surface area contributed by atoms with Gasteiger partial charge in [0, 0.05) is 0 Å². The lowest BCUT2D eigenvalue weighted by Gasteiger charge is -2.01. The summed E-state index contributed by atoms with van der Waals surface area (Å²) in [5, 5.41) is 2.34. The molecule has 0 bridgehead atoms. The SMILES string of the molecule is CSc1ncnc(SC)c1Cl. The van der Waals surface area contributed by atoms with Gasteiger partial charge in [-0.25, -0.2) is 9.97 Å². The molecule has 1 rings (SSSR count). The lowest BCUT2D eigenvalue weighted by Crippen LogP contribution is -1.86. The average Bonchev–Trinajstić information content (AvgIpc) is 2.05. The summed E-state index contributed by atoms with van der Waals surface area (Å²) >= 11 is 9.00. The van der Waals surface area contributed by atoms with E-state index in [0.717, 1.165) is 10.1 Å². The minimum Gasteiger partial charge on any atom is -0.228 e. The Bertz CT molecular complexity index is 232. The Kier molecular flexibility index (Phi) is 3.48. The molecule has 0 unspecified atom stereocenters. The molecule has 0 aliphatic carbocycles. The van der Waals surface area contributed by atoms with Crippen molar-refractivity contribution < 1.29 is 0 Å². The monoisotopic (exact) mass is 206 g/mol. The zero-order valence-electron chi connectivity index (χ0n) is 6.17. The highest BCUT2D eigenvalue weighted by molar-refractivity contribution is 7.99. The molecule has 0 aliphatic rings. The van der Waals surface area contributed by atoms with Gasteiger partial charge in [0.2, 0.25) is 0 Å². The molecule has 0 spiro atoms.